The fourth-order valence-electron chi connectivity index (χ4n) is 2.80. The zero-order valence-corrected chi connectivity index (χ0v) is 16.0. The fraction of sp³-hybridized carbons (Fsp3) is 0.500. The van der Waals surface area contributed by atoms with E-state index in [1.54, 1.807) is 30.9 Å². The average molecular weight is 382 g/mol. The Balaban J connectivity index is 2.11. The number of aliphatic imine (C=N–C) groups is 1. The van der Waals surface area contributed by atoms with Crippen LogP contribution < -0.4 is 0 Å². The van der Waals surface area contributed by atoms with Gasteiger partial charge in [0.2, 0.25) is 0 Å². The lowest BCUT2D eigenvalue weighted by Gasteiger charge is -2.42. The third-order valence-electron chi connectivity index (χ3n) is 3.89. The van der Waals surface area contributed by atoms with Gasteiger partial charge >= 0.3 is 6.03 Å². The number of guanidine groups is 1. The van der Waals surface area contributed by atoms with Crippen molar-refractivity contribution >= 4 is 27.9 Å². The van der Waals surface area contributed by atoms with Gasteiger partial charge in [0.05, 0.1) is 13.3 Å². The van der Waals surface area contributed by atoms with Gasteiger partial charge in [0, 0.05) is 39.2 Å². The Morgan fingerprint density at radius 1 is 1.30 bits per heavy atom. The zero-order valence-electron chi connectivity index (χ0n) is 14.4. The van der Waals surface area contributed by atoms with Crippen molar-refractivity contribution in [2.24, 2.45) is 4.99 Å². The lowest BCUT2D eigenvalue weighted by molar-refractivity contribution is 0.0876. The predicted molar refractivity (Wildman–Crippen MR) is 96.2 cm³/mol. The quantitative estimate of drug-likeness (QED) is 0.583. The molecule has 1 heterocycles. The molecule has 23 heavy (non-hydrogen) atoms. The Bertz CT molecular complexity index is 604. The van der Waals surface area contributed by atoms with Crippen molar-refractivity contribution in [1.29, 1.82) is 0 Å². The number of hydrogen-bond donors (Lipinski definition) is 0. The van der Waals surface area contributed by atoms with Crippen molar-refractivity contribution in [3.05, 3.63) is 33.8 Å². The van der Waals surface area contributed by atoms with Crippen LogP contribution in [-0.2, 0) is 6.54 Å². The van der Waals surface area contributed by atoms with Gasteiger partial charge in [-0.1, -0.05) is 28.1 Å². The highest BCUT2D eigenvalue weighted by Gasteiger charge is 2.28. The first-order valence-electron chi connectivity index (χ1n) is 7.47. The molecular weight excluding hydrogens is 358 g/mol. The van der Waals surface area contributed by atoms with E-state index in [0.717, 1.165) is 17.0 Å². The molecule has 1 aromatic rings. The van der Waals surface area contributed by atoms with E-state index >= 15 is 0 Å². The van der Waals surface area contributed by atoms with Crippen LogP contribution in [0.15, 0.2) is 27.7 Å². The topological polar surface area (TPSA) is 42.4 Å². The molecule has 2 amide bonds. The average Bonchev–Trinajstić information content (AvgIpc) is 2.49. The fourth-order valence-corrected chi connectivity index (χ4v) is 3.05. The van der Waals surface area contributed by atoms with Crippen LogP contribution >= 0.6 is 15.9 Å². The minimum Gasteiger partial charge on any atom is -0.341 e. The summed E-state index contributed by atoms with van der Waals surface area (Å²) in [7, 11) is 7.41. The van der Waals surface area contributed by atoms with E-state index in [4.69, 9.17) is 0 Å². The van der Waals surface area contributed by atoms with E-state index < -0.39 is 0 Å². The maximum atomic E-state index is 11.9. The van der Waals surface area contributed by atoms with Crippen LogP contribution in [0.2, 0.25) is 0 Å². The SMILES string of the molecule is C/N=C(/N(C)Cc1ccc(Br)c(C)c1)N1CN(C)C(=O)N(C)C1. The Morgan fingerprint density at radius 3 is 2.43 bits per heavy atom. The van der Waals surface area contributed by atoms with Crippen LogP contribution in [0.4, 0.5) is 4.79 Å². The molecule has 6 nitrogen and oxygen atoms in total. The smallest absolute Gasteiger partial charge is 0.322 e. The summed E-state index contributed by atoms with van der Waals surface area (Å²) in [6.07, 6.45) is 0. The maximum Gasteiger partial charge on any atom is 0.322 e. The first-order chi connectivity index (χ1) is 10.8. The summed E-state index contributed by atoms with van der Waals surface area (Å²) >= 11 is 3.53. The summed E-state index contributed by atoms with van der Waals surface area (Å²) < 4.78 is 1.12. The van der Waals surface area contributed by atoms with Crippen molar-refractivity contribution < 1.29 is 4.79 Å². The highest BCUT2D eigenvalue weighted by molar-refractivity contribution is 9.10. The molecule has 0 spiro atoms. The summed E-state index contributed by atoms with van der Waals surface area (Å²) in [5.74, 6) is 0.872. The molecule has 0 unspecified atom stereocenters. The zero-order chi connectivity index (χ0) is 17.1. The van der Waals surface area contributed by atoms with Crippen LogP contribution in [-0.4, -0.2) is 73.1 Å². The standard InChI is InChI=1S/C16H24BrN5O/c1-12-8-13(6-7-14(12)17)9-19(3)15(18-2)22-10-20(4)16(23)21(5)11-22/h6-8H,9-11H2,1-5H3/b18-15-. The van der Waals surface area contributed by atoms with E-state index in [1.807, 2.05) is 7.05 Å². The second kappa shape index (κ2) is 7.21. The van der Waals surface area contributed by atoms with Gasteiger partial charge in [0.25, 0.3) is 0 Å². The molecule has 1 aliphatic heterocycles. The molecule has 7 heteroatoms. The molecule has 126 valence electrons. The molecule has 0 atom stereocenters. The number of benzene rings is 1. The van der Waals surface area contributed by atoms with Gasteiger partial charge in [0.15, 0.2) is 5.96 Å². The summed E-state index contributed by atoms with van der Waals surface area (Å²) in [5.41, 5.74) is 2.44. The minimum absolute atomic E-state index is 0.0305. The number of aryl methyl sites for hydroxylation is 1. The van der Waals surface area contributed by atoms with Crippen LogP contribution in [0.3, 0.4) is 0 Å². The number of hydrogen-bond acceptors (Lipinski definition) is 2. The summed E-state index contributed by atoms with van der Waals surface area (Å²) in [4.78, 5) is 23.9. The first kappa shape index (κ1) is 17.6. The first-order valence-corrected chi connectivity index (χ1v) is 8.27. The molecule has 1 fully saturated rings. The highest BCUT2D eigenvalue weighted by Crippen LogP contribution is 2.18. The highest BCUT2D eigenvalue weighted by atomic mass is 79.9. The van der Waals surface area contributed by atoms with Crippen molar-refractivity contribution in [1.82, 2.24) is 19.6 Å². The van der Waals surface area contributed by atoms with Gasteiger partial charge in [0.1, 0.15) is 0 Å². The van der Waals surface area contributed by atoms with Gasteiger partial charge < -0.3 is 19.6 Å². The third kappa shape index (κ3) is 3.96. The van der Waals surface area contributed by atoms with Gasteiger partial charge in [-0.2, -0.15) is 0 Å². The molecule has 0 saturated carbocycles. The Labute approximate surface area is 146 Å². The molecule has 0 radical (unpaired) electrons. The Kier molecular flexibility index (Phi) is 5.51. The van der Waals surface area contributed by atoms with E-state index in [-0.39, 0.29) is 6.03 Å². The van der Waals surface area contributed by atoms with Gasteiger partial charge in [-0.05, 0) is 24.1 Å². The van der Waals surface area contributed by atoms with Gasteiger partial charge in [-0.15, -0.1) is 0 Å². The molecule has 0 aliphatic carbocycles. The lowest BCUT2D eigenvalue weighted by atomic mass is 10.1. The molecule has 0 aromatic heterocycles. The number of rotatable bonds is 2. The van der Waals surface area contributed by atoms with Crippen molar-refractivity contribution in [3.8, 4) is 0 Å². The second-order valence-corrected chi connectivity index (χ2v) is 6.82. The second-order valence-electron chi connectivity index (χ2n) is 5.96. The summed E-state index contributed by atoms with van der Waals surface area (Å²) in [6.45, 7) is 3.93. The number of carbonyl (C=O) groups excluding carboxylic acids is 1. The maximum absolute atomic E-state index is 11.9. The number of halogens is 1. The summed E-state index contributed by atoms with van der Waals surface area (Å²) in [6, 6.07) is 6.38. The van der Waals surface area contributed by atoms with Crippen LogP contribution in [0.5, 0.6) is 0 Å². The minimum atomic E-state index is 0.0305. The number of carbonyl (C=O) groups is 1. The van der Waals surface area contributed by atoms with Crippen molar-refractivity contribution in [3.63, 3.8) is 0 Å². The Hall–Kier alpha value is -1.76. The van der Waals surface area contributed by atoms with Crippen LogP contribution in [0.25, 0.3) is 0 Å². The van der Waals surface area contributed by atoms with Crippen molar-refractivity contribution in [2.45, 2.75) is 13.5 Å². The predicted octanol–water partition coefficient (Wildman–Crippen LogP) is 2.39. The largest absolute Gasteiger partial charge is 0.341 e. The van der Waals surface area contributed by atoms with Crippen LogP contribution in [0, 0.1) is 6.92 Å². The normalized spacial score (nSPS) is 16.2. The van der Waals surface area contributed by atoms with Crippen LogP contribution in [0.1, 0.15) is 11.1 Å². The van der Waals surface area contributed by atoms with E-state index in [2.05, 4.69) is 55.8 Å². The van der Waals surface area contributed by atoms with Crippen molar-refractivity contribution in [2.75, 3.05) is 41.5 Å². The third-order valence-corrected chi connectivity index (χ3v) is 4.77. The monoisotopic (exact) mass is 381 g/mol. The molecule has 0 N–H and O–H groups in total. The lowest BCUT2D eigenvalue weighted by Crippen LogP contribution is -2.59. The summed E-state index contributed by atoms with van der Waals surface area (Å²) in [5, 5.41) is 0. The van der Waals surface area contributed by atoms with E-state index in [1.165, 1.54) is 11.1 Å². The molecule has 2 rings (SSSR count). The van der Waals surface area contributed by atoms with Gasteiger partial charge in [-0.25, -0.2) is 4.79 Å². The Morgan fingerprint density at radius 2 is 1.91 bits per heavy atom. The van der Waals surface area contributed by atoms with Gasteiger partial charge in [-0.3, -0.25) is 4.99 Å². The molecule has 0 bridgehead atoms. The molecular formula is C16H24BrN5O. The molecule has 1 aliphatic rings. The van der Waals surface area contributed by atoms with E-state index in [0.29, 0.717) is 13.3 Å². The number of nitrogens with zero attached hydrogens (tertiary/aromatic N) is 5. The number of urea groups is 1. The molecule has 1 aromatic carbocycles. The number of amides is 2. The van der Waals surface area contributed by atoms with E-state index in [9.17, 15) is 4.79 Å². The molecule has 1 saturated heterocycles.